The van der Waals surface area contributed by atoms with E-state index < -0.39 is 0 Å². The van der Waals surface area contributed by atoms with Crippen LogP contribution in [-0.4, -0.2) is 19.9 Å². The maximum Gasteiger partial charge on any atom is 0.127 e. The van der Waals surface area contributed by atoms with E-state index in [0.29, 0.717) is 0 Å². The molecule has 5 rings (SSSR count). The molecule has 0 fully saturated rings. The average molecular weight is 314 g/mol. The van der Waals surface area contributed by atoms with Crippen LogP contribution in [0.1, 0.15) is 0 Å². The molecule has 0 amide bonds. The van der Waals surface area contributed by atoms with Crippen LogP contribution in [0.3, 0.4) is 0 Å². The fourth-order valence-corrected chi connectivity index (χ4v) is 3.78. The minimum Gasteiger partial charge on any atom is -0.254 e. The molecular weight excluding hydrogens is 304 g/mol. The zero-order valence-electron chi connectivity index (χ0n) is 12.0. The molecule has 0 bridgehead atoms. The summed E-state index contributed by atoms with van der Waals surface area (Å²) in [4.78, 5) is 18.7. The summed E-state index contributed by atoms with van der Waals surface area (Å²) in [5.41, 5.74) is 2.74. The number of pyridine rings is 2. The summed E-state index contributed by atoms with van der Waals surface area (Å²) < 4.78 is 1.15. The number of benzene rings is 1. The Morgan fingerprint density at radius 2 is 1.78 bits per heavy atom. The van der Waals surface area contributed by atoms with Crippen LogP contribution in [0.15, 0.2) is 61.2 Å². The van der Waals surface area contributed by atoms with E-state index in [0.717, 1.165) is 42.6 Å². The van der Waals surface area contributed by atoms with Gasteiger partial charge in [0.1, 0.15) is 11.2 Å². The fourth-order valence-electron chi connectivity index (χ4n) is 2.76. The van der Waals surface area contributed by atoms with Crippen LogP contribution in [0.2, 0.25) is 0 Å². The van der Waals surface area contributed by atoms with Gasteiger partial charge in [-0.05, 0) is 18.2 Å². The third kappa shape index (κ3) is 1.98. The third-order valence-corrected chi connectivity index (χ3v) is 4.98. The van der Waals surface area contributed by atoms with Gasteiger partial charge < -0.3 is 0 Å². The summed E-state index contributed by atoms with van der Waals surface area (Å²) >= 11 is 1.66. The molecule has 0 aliphatic rings. The van der Waals surface area contributed by atoms with Crippen LogP contribution in [0.25, 0.3) is 42.6 Å². The SMILES string of the molecule is c1ccc2nc(-c3cc4sc5ncncc5c4cn3)ccc2c1. The lowest BCUT2D eigenvalue weighted by Gasteiger charge is -2.02. The Balaban J connectivity index is 1.73. The van der Waals surface area contributed by atoms with Crippen molar-refractivity contribution in [2.45, 2.75) is 0 Å². The van der Waals surface area contributed by atoms with Crippen LogP contribution in [0.4, 0.5) is 0 Å². The quantitative estimate of drug-likeness (QED) is 0.458. The molecule has 0 aliphatic heterocycles. The lowest BCUT2D eigenvalue weighted by molar-refractivity contribution is 1.24. The molecule has 23 heavy (non-hydrogen) atoms. The Morgan fingerprint density at radius 3 is 2.78 bits per heavy atom. The number of para-hydroxylation sites is 1. The van der Waals surface area contributed by atoms with E-state index in [9.17, 15) is 0 Å². The van der Waals surface area contributed by atoms with Gasteiger partial charge in [0, 0.05) is 33.3 Å². The van der Waals surface area contributed by atoms with Crippen molar-refractivity contribution in [3.63, 3.8) is 0 Å². The van der Waals surface area contributed by atoms with Gasteiger partial charge in [-0.2, -0.15) is 0 Å². The highest BCUT2D eigenvalue weighted by Gasteiger charge is 2.09. The summed E-state index contributed by atoms with van der Waals surface area (Å²) in [5, 5.41) is 3.28. The van der Waals surface area contributed by atoms with E-state index in [1.807, 2.05) is 36.7 Å². The Kier molecular flexibility index (Phi) is 2.63. The van der Waals surface area contributed by atoms with Gasteiger partial charge in [-0.25, -0.2) is 15.0 Å². The van der Waals surface area contributed by atoms with Crippen molar-refractivity contribution in [1.82, 2.24) is 19.9 Å². The van der Waals surface area contributed by atoms with E-state index >= 15 is 0 Å². The van der Waals surface area contributed by atoms with E-state index in [1.165, 1.54) is 0 Å². The summed E-state index contributed by atoms with van der Waals surface area (Å²) in [5.74, 6) is 0. The third-order valence-electron chi connectivity index (χ3n) is 3.90. The topological polar surface area (TPSA) is 51.6 Å². The van der Waals surface area contributed by atoms with Crippen molar-refractivity contribution in [2.24, 2.45) is 0 Å². The molecule has 0 radical (unpaired) electrons. The first-order valence-electron chi connectivity index (χ1n) is 7.23. The monoisotopic (exact) mass is 314 g/mol. The number of hydrogen-bond acceptors (Lipinski definition) is 5. The summed E-state index contributed by atoms with van der Waals surface area (Å²) in [7, 11) is 0. The molecule has 5 aromatic rings. The number of hydrogen-bond donors (Lipinski definition) is 0. The molecule has 0 unspecified atom stereocenters. The number of thiophene rings is 1. The summed E-state index contributed by atoms with van der Waals surface area (Å²) in [6.45, 7) is 0. The molecule has 0 spiro atoms. The van der Waals surface area contributed by atoms with Gasteiger partial charge in [0.25, 0.3) is 0 Å². The van der Waals surface area contributed by atoms with Gasteiger partial charge in [0.15, 0.2) is 0 Å². The second-order valence-corrected chi connectivity index (χ2v) is 6.33. The number of rotatable bonds is 1. The number of fused-ring (bicyclic) bond motifs is 4. The number of nitrogens with zero attached hydrogens (tertiary/aromatic N) is 4. The molecule has 0 N–H and O–H groups in total. The first-order chi connectivity index (χ1) is 11.4. The van der Waals surface area contributed by atoms with Crippen LogP contribution < -0.4 is 0 Å². The van der Waals surface area contributed by atoms with Crippen molar-refractivity contribution in [1.29, 1.82) is 0 Å². The number of aromatic nitrogens is 4. The van der Waals surface area contributed by atoms with E-state index in [2.05, 4.69) is 33.2 Å². The maximum absolute atomic E-state index is 4.72. The van der Waals surface area contributed by atoms with Crippen LogP contribution in [0, 0.1) is 0 Å². The molecule has 4 nitrogen and oxygen atoms in total. The Hall–Kier alpha value is -2.92. The summed E-state index contributed by atoms with van der Waals surface area (Å²) in [6.07, 6.45) is 5.32. The Labute approximate surface area is 135 Å². The zero-order chi connectivity index (χ0) is 15.2. The van der Waals surface area contributed by atoms with Gasteiger partial charge in [-0.15, -0.1) is 11.3 Å². The van der Waals surface area contributed by atoms with Gasteiger partial charge in [-0.1, -0.05) is 24.3 Å². The fraction of sp³-hybridized carbons (Fsp3) is 0. The second kappa shape index (κ2) is 4.79. The van der Waals surface area contributed by atoms with Crippen molar-refractivity contribution in [3.05, 3.63) is 61.2 Å². The lowest BCUT2D eigenvalue weighted by Crippen LogP contribution is -1.87. The molecule has 0 saturated carbocycles. The highest BCUT2D eigenvalue weighted by Crippen LogP contribution is 2.33. The van der Waals surface area contributed by atoms with Crippen LogP contribution >= 0.6 is 11.3 Å². The van der Waals surface area contributed by atoms with Crippen molar-refractivity contribution in [2.75, 3.05) is 0 Å². The zero-order valence-corrected chi connectivity index (χ0v) is 12.8. The molecule has 1 aromatic carbocycles. The van der Waals surface area contributed by atoms with Crippen molar-refractivity contribution in [3.8, 4) is 11.4 Å². The Bertz CT molecular complexity index is 1180. The highest BCUT2D eigenvalue weighted by atomic mass is 32.1. The molecule has 108 valence electrons. The average Bonchev–Trinajstić information content (AvgIpc) is 2.99. The van der Waals surface area contributed by atoms with Crippen LogP contribution in [-0.2, 0) is 0 Å². The lowest BCUT2D eigenvalue weighted by atomic mass is 10.1. The molecule has 0 atom stereocenters. The van der Waals surface area contributed by atoms with Gasteiger partial charge in [-0.3, -0.25) is 4.98 Å². The minimum atomic E-state index is 0.878. The van der Waals surface area contributed by atoms with Crippen molar-refractivity contribution < 1.29 is 0 Å². The molecule has 0 saturated heterocycles. The van der Waals surface area contributed by atoms with E-state index in [-0.39, 0.29) is 0 Å². The highest BCUT2D eigenvalue weighted by molar-refractivity contribution is 7.25. The summed E-state index contributed by atoms with van der Waals surface area (Å²) in [6, 6.07) is 14.3. The standard InChI is InChI=1S/C18H10N4S/c1-2-4-14-11(3-1)5-6-15(22-14)16-7-17-12(9-20-16)13-8-19-10-21-18(13)23-17/h1-10H. The van der Waals surface area contributed by atoms with Gasteiger partial charge in [0.2, 0.25) is 0 Å². The van der Waals surface area contributed by atoms with Crippen molar-refractivity contribution >= 4 is 42.5 Å². The largest absolute Gasteiger partial charge is 0.254 e. The van der Waals surface area contributed by atoms with Crippen LogP contribution in [0.5, 0.6) is 0 Å². The molecule has 0 aliphatic carbocycles. The van der Waals surface area contributed by atoms with E-state index in [4.69, 9.17) is 4.98 Å². The molecule has 4 heterocycles. The molecular formula is C18H10N4S. The predicted octanol–water partition coefficient (Wildman–Crippen LogP) is 4.45. The first kappa shape index (κ1) is 12.6. The van der Waals surface area contributed by atoms with E-state index in [1.54, 1.807) is 17.7 Å². The normalized spacial score (nSPS) is 11.5. The minimum absolute atomic E-state index is 0.878. The molecule has 5 heteroatoms. The van der Waals surface area contributed by atoms with Gasteiger partial charge >= 0.3 is 0 Å². The molecule has 4 aromatic heterocycles. The Morgan fingerprint density at radius 1 is 0.826 bits per heavy atom. The maximum atomic E-state index is 4.72. The second-order valence-electron chi connectivity index (χ2n) is 5.30. The van der Waals surface area contributed by atoms with Gasteiger partial charge in [0.05, 0.1) is 16.9 Å². The smallest absolute Gasteiger partial charge is 0.127 e. The predicted molar refractivity (Wildman–Crippen MR) is 93.5 cm³/mol. The first-order valence-corrected chi connectivity index (χ1v) is 8.04.